The topological polar surface area (TPSA) is 65.2 Å². The Morgan fingerprint density at radius 3 is 2.60 bits per heavy atom. The van der Waals surface area contributed by atoms with Crippen molar-refractivity contribution in [3.05, 3.63) is 64.7 Å². The van der Waals surface area contributed by atoms with Crippen LogP contribution in [0.3, 0.4) is 0 Å². The van der Waals surface area contributed by atoms with Crippen molar-refractivity contribution in [2.24, 2.45) is 7.05 Å². The Morgan fingerprint density at radius 2 is 1.92 bits per heavy atom. The molecule has 0 spiro atoms. The summed E-state index contributed by atoms with van der Waals surface area (Å²) in [5.41, 5.74) is 1.20. The third-order valence-electron chi connectivity index (χ3n) is 3.55. The number of halogens is 1. The maximum Gasteiger partial charge on any atom is 0.274 e. The molecule has 0 saturated carbocycles. The Morgan fingerprint density at radius 1 is 1.16 bits per heavy atom. The molecule has 0 saturated heterocycles. The SMILES string of the molecule is CN(Cc1ccn(C)n1)C(=O)c1ccn(COc2ccc(Br)cc2)n1. The first kappa shape index (κ1) is 17.2. The molecule has 0 bridgehead atoms. The number of amides is 1. The van der Waals surface area contributed by atoms with Crippen LogP contribution in [0.25, 0.3) is 0 Å². The lowest BCUT2D eigenvalue weighted by Gasteiger charge is -2.14. The fourth-order valence-corrected chi connectivity index (χ4v) is 2.54. The van der Waals surface area contributed by atoms with Gasteiger partial charge < -0.3 is 9.64 Å². The third kappa shape index (κ3) is 4.48. The zero-order chi connectivity index (χ0) is 17.8. The van der Waals surface area contributed by atoms with Crippen molar-refractivity contribution in [3.63, 3.8) is 0 Å². The van der Waals surface area contributed by atoms with Crippen molar-refractivity contribution in [3.8, 4) is 5.75 Å². The van der Waals surface area contributed by atoms with Gasteiger partial charge >= 0.3 is 0 Å². The number of rotatable bonds is 6. The molecule has 7 nitrogen and oxygen atoms in total. The largest absolute Gasteiger partial charge is 0.471 e. The number of nitrogens with zero attached hydrogens (tertiary/aromatic N) is 5. The standard InChI is InChI=1S/C17H18BrN5O2/c1-21(11-14-7-9-22(2)19-14)17(24)16-8-10-23(20-16)12-25-15-5-3-13(18)4-6-15/h3-10H,11-12H2,1-2H3. The van der Waals surface area contributed by atoms with E-state index in [2.05, 4.69) is 26.1 Å². The molecule has 1 aromatic carbocycles. The van der Waals surface area contributed by atoms with Gasteiger partial charge in [0.25, 0.3) is 5.91 Å². The first-order valence-electron chi connectivity index (χ1n) is 7.67. The van der Waals surface area contributed by atoms with Crippen LogP contribution in [-0.2, 0) is 20.3 Å². The fraction of sp³-hybridized carbons (Fsp3) is 0.235. The normalized spacial score (nSPS) is 10.7. The number of ether oxygens (including phenoxy) is 1. The van der Waals surface area contributed by atoms with Gasteiger partial charge in [0, 0.05) is 31.0 Å². The molecular weight excluding hydrogens is 386 g/mol. The molecule has 0 aliphatic rings. The van der Waals surface area contributed by atoms with Crippen LogP contribution < -0.4 is 4.74 Å². The van der Waals surface area contributed by atoms with Gasteiger partial charge in [-0.15, -0.1) is 0 Å². The van der Waals surface area contributed by atoms with Crippen LogP contribution in [0.2, 0.25) is 0 Å². The highest BCUT2D eigenvalue weighted by Crippen LogP contribution is 2.16. The second kappa shape index (κ2) is 7.52. The van der Waals surface area contributed by atoms with E-state index in [-0.39, 0.29) is 12.6 Å². The Kier molecular flexibility index (Phi) is 5.18. The van der Waals surface area contributed by atoms with Crippen molar-refractivity contribution in [1.82, 2.24) is 24.5 Å². The molecule has 3 rings (SSSR count). The molecular formula is C17H18BrN5O2. The molecule has 0 fully saturated rings. The van der Waals surface area contributed by atoms with Crippen LogP contribution in [-0.4, -0.2) is 37.4 Å². The predicted octanol–water partition coefficient (Wildman–Crippen LogP) is 2.69. The second-order valence-corrected chi connectivity index (χ2v) is 6.53. The molecule has 0 N–H and O–H groups in total. The maximum atomic E-state index is 12.5. The number of aromatic nitrogens is 4. The van der Waals surface area contributed by atoms with Crippen molar-refractivity contribution in [1.29, 1.82) is 0 Å². The van der Waals surface area contributed by atoms with Crippen LogP contribution in [0.4, 0.5) is 0 Å². The second-order valence-electron chi connectivity index (χ2n) is 5.61. The summed E-state index contributed by atoms with van der Waals surface area (Å²) in [5.74, 6) is 0.576. The van der Waals surface area contributed by atoms with Gasteiger partial charge in [-0.25, -0.2) is 4.68 Å². The molecule has 0 radical (unpaired) electrons. The van der Waals surface area contributed by atoms with E-state index in [9.17, 15) is 4.79 Å². The number of hydrogen-bond donors (Lipinski definition) is 0. The van der Waals surface area contributed by atoms with Crippen LogP contribution in [0.1, 0.15) is 16.2 Å². The molecule has 2 heterocycles. The summed E-state index contributed by atoms with van der Waals surface area (Å²) in [5, 5.41) is 8.55. The summed E-state index contributed by atoms with van der Waals surface area (Å²) in [4.78, 5) is 14.0. The minimum atomic E-state index is -0.159. The van der Waals surface area contributed by atoms with E-state index in [0.717, 1.165) is 15.9 Å². The van der Waals surface area contributed by atoms with Gasteiger partial charge in [0.05, 0.1) is 12.2 Å². The monoisotopic (exact) mass is 403 g/mol. The Labute approximate surface area is 153 Å². The summed E-state index contributed by atoms with van der Waals surface area (Å²) < 4.78 is 9.93. The summed E-state index contributed by atoms with van der Waals surface area (Å²) in [7, 11) is 3.58. The zero-order valence-electron chi connectivity index (χ0n) is 14.0. The van der Waals surface area contributed by atoms with Gasteiger partial charge in [-0.3, -0.25) is 9.48 Å². The van der Waals surface area contributed by atoms with Crippen molar-refractivity contribution in [2.75, 3.05) is 7.05 Å². The summed E-state index contributed by atoms with van der Waals surface area (Å²) in [6.45, 7) is 0.667. The smallest absolute Gasteiger partial charge is 0.274 e. The molecule has 2 aromatic heterocycles. The van der Waals surface area contributed by atoms with Gasteiger partial charge in [-0.1, -0.05) is 15.9 Å². The molecule has 130 valence electrons. The van der Waals surface area contributed by atoms with Gasteiger partial charge in [0.15, 0.2) is 12.4 Å². The van der Waals surface area contributed by atoms with Crippen molar-refractivity contribution < 1.29 is 9.53 Å². The van der Waals surface area contributed by atoms with Gasteiger partial charge in [0.2, 0.25) is 0 Å². The minimum absolute atomic E-state index is 0.159. The van der Waals surface area contributed by atoms with E-state index in [1.807, 2.05) is 43.6 Å². The van der Waals surface area contributed by atoms with E-state index in [4.69, 9.17) is 4.74 Å². The summed E-state index contributed by atoms with van der Waals surface area (Å²) in [6, 6.07) is 11.1. The van der Waals surface area contributed by atoms with E-state index < -0.39 is 0 Å². The molecule has 0 atom stereocenters. The molecule has 0 unspecified atom stereocenters. The van der Waals surface area contributed by atoms with Crippen LogP contribution in [0, 0.1) is 0 Å². The van der Waals surface area contributed by atoms with E-state index >= 15 is 0 Å². The molecule has 8 heteroatoms. The van der Waals surface area contributed by atoms with Gasteiger partial charge in [-0.2, -0.15) is 10.2 Å². The quantitative estimate of drug-likeness (QED) is 0.634. The van der Waals surface area contributed by atoms with Crippen LogP contribution in [0.15, 0.2) is 53.3 Å². The average molecular weight is 404 g/mol. The molecule has 0 aliphatic heterocycles. The van der Waals surface area contributed by atoms with E-state index in [0.29, 0.717) is 12.2 Å². The highest BCUT2D eigenvalue weighted by atomic mass is 79.9. The molecule has 0 aliphatic carbocycles. The van der Waals surface area contributed by atoms with E-state index in [1.165, 1.54) is 0 Å². The Balaban J connectivity index is 1.58. The summed E-state index contributed by atoms with van der Waals surface area (Å²) in [6.07, 6.45) is 3.57. The van der Waals surface area contributed by atoms with E-state index in [1.54, 1.807) is 33.6 Å². The first-order valence-corrected chi connectivity index (χ1v) is 8.46. The highest BCUT2D eigenvalue weighted by molar-refractivity contribution is 9.10. The van der Waals surface area contributed by atoms with Gasteiger partial charge in [-0.05, 0) is 36.4 Å². The average Bonchev–Trinajstić information content (AvgIpc) is 3.23. The van der Waals surface area contributed by atoms with Crippen molar-refractivity contribution in [2.45, 2.75) is 13.3 Å². The number of aryl methyl sites for hydroxylation is 1. The third-order valence-corrected chi connectivity index (χ3v) is 4.08. The Bertz CT molecular complexity index is 856. The molecule has 25 heavy (non-hydrogen) atoms. The summed E-state index contributed by atoms with van der Waals surface area (Å²) >= 11 is 3.38. The van der Waals surface area contributed by atoms with Crippen LogP contribution in [0.5, 0.6) is 5.75 Å². The fourth-order valence-electron chi connectivity index (χ4n) is 2.28. The maximum absolute atomic E-state index is 12.5. The molecule has 3 aromatic rings. The number of hydrogen-bond acceptors (Lipinski definition) is 4. The van der Waals surface area contributed by atoms with Crippen LogP contribution >= 0.6 is 15.9 Å². The predicted molar refractivity (Wildman–Crippen MR) is 96.0 cm³/mol. The lowest BCUT2D eigenvalue weighted by Crippen LogP contribution is -2.27. The lowest BCUT2D eigenvalue weighted by atomic mass is 10.3. The zero-order valence-corrected chi connectivity index (χ0v) is 15.5. The first-order chi connectivity index (χ1) is 12.0. The lowest BCUT2D eigenvalue weighted by molar-refractivity contribution is 0.0775. The number of carbonyl (C=O) groups is 1. The Hall–Kier alpha value is -2.61. The van der Waals surface area contributed by atoms with Gasteiger partial charge in [0.1, 0.15) is 5.75 Å². The highest BCUT2D eigenvalue weighted by Gasteiger charge is 2.16. The number of carbonyl (C=O) groups excluding carboxylic acids is 1. The van der Waals surface area contributed by atoms with Crippen molar-refractivity contribution >= 4 is 21.8 Å². The minimum Gasteiger partial charge on any atom is -0.471 e. The number of benzene rings is 1. The molecule has 1 amide bonds.